The summed E-state index contributed by atoms with van der Waals surface area (Å²) in [5, 5.41) is 22.8. The number of carbonyl (C=O) groups is 8. The number of amides is 7. The quantitative estimate of drug-likeness (QED) is 0.0712. The van der Waals surface area contributed by atoms with E-state index in [9.17, 15) is 38.4 Å². The van der Waals surface area contributed by atoms with E-state index < -0.39 is 98.0 Å². The zero-order valence-corrected chi connectivity index (χ0v) is 25.3. The molecule has 252 valence electrons. The summed E-state index contributed by atoms with van der Waals surface area (Å²) in [4.78, 5) is 97.7. The number of aliphatic carboxylic acids is 1. The zero-order valence-electron chi connectivity index (χ0n) is 25.3. The predicted molar refractivity (Wildman–Crippen MR) is 166 cm³/mol. The molecular formula is C30H38N8O9. The van der Waals surface area contributed by atoms with Gasteiger partial charge in [0.25, 0.3) is 0 Å². The lowest BCUT2D eigenvalue weighted by Crippen LogP contribution is -2.56. The number of nitrogens with one attached hydrogen (secondary N) is 6. The number of hydrogen-bond acceptors (Lipinski definition) is 9. The maximum atomic E-state index is 13.1. The molecule has 0 saturated heterocycles. The molecule has 0 aliphatic heterocycles. The third-order valence-corrected chi connectivity index (χ3v) is 6.38. The summed E-state index contributed by atoms with van der Waals surface area (Å²) in [6.45, 7) is -2.33. The fourth-order valence-corrected chi connectivity index (χ4v) is 4.12. The van der Waals surface area contributed by atoms with E-state index in [1.165, 1.54) is 0 Å². The Kier molecular flexibility index (Phi) is 15.5. The molecule has 2 aromatic rings. The molecule has 0 aliphatic rings. The van der Waals surface area contributed by atoms with Crippen LogP contribution in [0.5, 0.6) is 0 Å². The number of nitrogens with two attached hydrogens (primary N) is 2. The smallest absolute Gasteiger partial charge is 0.322 e. The van der Waals surface area contributed by atoms with Gasteiger partial charge in [0, 0.05) is 12.8 Å². The van der Waals surface area contributed by atoms with E-state index in [1.807, 2.05) is 0 Å². The van der Waals surface area contributed by atoms with Gasteiger partial charge in [-0.25, -0.2) is 0 Å². The van der Waals surface area contributed by atoms with Gasteiger partial charge in [0.2, 0.25) is 41.4 Å². The van der Waals surface area contributed by atoms with Crippen molar-refractivity contribution in [1.82, 2.24) is 31.9 Å². The Morgan fingerprint density at radius 1 is 0.574 bits per heavy atom. The van der Waals surface area contributed by atoms with Gasteiger partial charge in [0.1, 0.15) is 24.7 Å². The zero-order chi connectivity index (χ0) is 34.8. The van der Waals surface area contributed by atoms with E-state index >= 15 is 0 Å². The highest BCUT2D eigenvalue weighted by Gasteiger charge is 2.28. The van der Waals surface area contributed by atoms with Crippen LogP contribution in [0.2, 0.25) is 0 Å². The standard InChI is InChI=1S/C30H38N8O9/c31-14-24(40)36-21(12-19-9-5-2-6-10-19)30(47)38-22(13-23(32)39)29(46)34-15-25(41)33-16-26(42)37-20(28(45)35-17-27(43)44)11-18-7-3-1-4-8-18/h1-10,20-22H,11-17,31H2,(H2,32,39)(H,33,41)(H,34,46)(H,35,45)(H,36,40)(H,37,42)(H,38,47)(H,43,44)/t20-,21-,22-/m0/s1. The molecule has 17 heteroatoms. The molecule has 0 spiro atoms. The summed E-state index contributed by atoms with van der Waals surface area (Å²) in [7, 11) is 0. The molecule has 7 amide bonds. The number of carboxylic acid groups (broad SMARTS) is 1. The molecule has 0 radical (unpaired) electrons. The van der Waals surface area contributed by atoms with Crippen molar-refractivity contribution < 1.29 is 43.5 Å². The Morgan fingerprint density at radius 2 is 1.04 bits per heavy atom. The van der Waals surface area contributed by atoms with Gasteiger partial charge in [-0.3, -0.25) is 38.4 Å². The third-order valence-electron chi connectivity index (χ3n) is 6.38. The first-order valence-electron chi connectivity index (χ1n) is 14.4. The van der Waals surface area contributed by atoms with Crippen molar-refractivity contribution in [2.75, 3.05) is 26.2 Å². The average molecular weight is 655 g/mol. The number of carbonyl (C=O) groups excluding carboxylic acids is 7. The van der Waals surface area contributed by atoms with E-state index in [-0.39, 0.29) is 12.8 Å². The Balaban J connectivity index is 1.96. The van der Waals surface area contributed by atoms with Crippen molar-refractivity contribution >= 4 is 47.3 Å². The van der Waals surface area contributed by atoms with Crippen molar-refractivity contribution in [2.45, 2.75) is 37.4 Å². The van der Waals surface area contributed by atoms with Crippen LogP contribution in [0.3, 0.4) is 0 Å². The second-order valence-electron chi connectivity index (χ2n) is 10.2. The van der Waals surface area contributed by atoms with Crippen molar-refractivity contribution in [2.24, 2.45) is 11.5 Å². The Morgan fingerprint density at radius 3 is 1.55 bits per heavy atom. The summed E-state index contributed by atoms with van der Waals surface area (Å²) >= 11 is 0. The highest BCUT2D eigenvalue weighted by Crippen LogP contribution is 2.06. The lowest BCUT2D eigenvalue weighted by atomic mass is 10.0. The van der Waals surface area contributed by atoms with Crippen LogP contribution in [0.15, 0.2) is 60.7 Å². The molecule has 0 saturated carbocycles. The van der Waals surface area contributed by atoms with Crippen LogP contribution in [-0.4, -0.2) is 96.7 Å². The van der Waals surface area contributed by atoms with Gasteiger partial charge in [0.15, 0.2) is 0 Å². The van der Waals surface area contributed by atoms with Crippen LogP contribution in [0, 0.1) is 0 Å². The average Bonchev–Trinajstić information content (AvgIpc) is 3.04. The SMILES string of the molecule is NCC(=O)N[C@@H](Cc1ccccc1)C(=O)N[C@@H](CC(N)=O)C(=O)NCC(=O)NCC(=O)N[C@@H](Cc1ccccc1)C(=O)NCC(=O)O. The van der Waals surface area contributed by atoms with Crippen molar-refractivity contribution in [3.8, 4) is 0 Å². The molecule has 0 fully saturated rings. The maximum Gasteiger partial charge on any atom is 0.322 e. The summed E-state index contributed by atoms with van der Waals surface area (Å²) in [6, 6.07) is 13.5. The lowest BCUT2D eigenvalue weighted by Gasteiger charge is -2.22. The molecule has 11 N–H and O–H groups in total. The van der Waals surface area contributed by atoms with Crippen LogP contribution >= 0.6 is 0 Å². The molecule has 3 atom stereocenters. The molecule has 17 nitrogen and oxygen atoms in total. The minimum Gasteiger partial charge on any atom is -0.480 e. The highest BCUT2D eigenvalue weighted by molar-refractivity contribution is 5.96. The summed E-state index contributed by atoms with van der Waals surface area (Å²) in [6.07, 6.45) is -0.546. The van der Waals surface area contributed by atoms with Crippen LogP contribution in [0.1, 0.15) is 17.5 Å². The molecule has 0 bridgehead atoms. The van der Waals surface area contributed by atoms with Gasteiger partial charge >= 0.3 is 5.97 Å². The number of hydrogen-bond donors (Lipinski definition) is 9. The summed E-state index contributed by atoms with van der Waals surface area (Å²) in [5.74, 6) is -6.96. The normalized spacial score (nSPS) is 12.3. The maximum absolute atomic E-state index is 13.1. The van der Waals surface area contributed by atoms with Gasteiger partial charge < -0.3 is 48.5 Å². The lowest BCUT2D eigenvalue weighted by molar-refractivity contribution is -0.138. The number of rotatable bonds is 19. The molecule has 2 rings (SSSR count). The van der Waals surface area contributed by atoms with Crippen molar-refractivity contribution in [3.05, 3.63) is 71.8 Å². The van der Waals surface area contributed by atoms with Crippen LogP contribution in [0.25, 0.3) is 0 Å². The second kappa shape index (κ2) is 19.5. The van der Waals surface area contributed by atoms with Gasteiger partial charge in [-0.1, -0.05) is 60.7 Å². The van der Waals surface area contributed by atoms with Crippen LogP contribution in [-0.2, 0) is 51.2 Å². The summed E-state index contributed by atoms with van der Waals surface area (Å²) in [5.41, 5.74) is 12.0. The number of carboxylic acids is 1. The Labute approximate surface area is 269 Å². The molecule has 0 unspecified atom stereocenters. The van der Waals surface area contributed by atoms with Gasteiger partial charge in [-0.15, -0.1) is 0 Å². The number of primary amides is 1. The highest BCUT2D eigenvalue weighted by atomic mass is 16.4. The minimum absolute atomic E-state index is 0.0388. The predicted octanol–water partition coefficient (Wildman–Crippen LogP) is -3.81. The van der Waals surface area contributed by atoms with Crippen LogP contribution in [0.4, 0.5) is 0 Å². The largest absolute Gasteiger partial charge is 0.480 e. The monoisotopic (exact) mass is 654 g/mol. The van der Waals surface area contributed by atoms with E-state index in [0.717, 1.165) is 0 Å². The molecular weight excluding hydrogens is 616 g/mol. The van der Waals surface area contributed by atoms with Crippen molar-refractivity contribution in [3.63, 3.8) is 0 Å². The van der Waals surface area contributed by atoms with Gasteiger partial charge in [-0.2, -0.15) is 0 Å². The van der Waals surface area contributed by atoms with Crippen LogP contribution < -0.4 is 43.4 Å². The van der Waals surface area contributed by atoms with E-state index in [1.54, 1.807) is 60.7 Å². The minimum atomic E-state index is -1.51. The number of benzene rings is 2. The fourth-order valence-electron chi connectivity index (χ4n) is 4.12. The molecule has 47 heavy (non-hydrogen) atoms. The fraction of sp³-hybridized carbons (Fsp3) is 0.333. The van der Waals surface area contributed by atoms with Crippen molar-refractivity contribution in [1.29, 1.82) is 0 Å². The summed E-state index contributed by atoms with van der Waals surface area (Å²) < 4.78 is 0. The molecule has 2 aromatic carbocycles. The second-order valence-corrected chi connectivity index (χ2v) is 10.2. The molecule has 0 heterocycles. The molecule has 0 aromatic heterocycles. The van der Waals surface area contributed by atoms with E-state index in [0.29, 0.717) is 11.1 Å². The first kappa shape index (κ1) is 37.3. The van der Waals surface area contributed by atoms with E-state index in [2.05, 4.69) is 31.9 Å². The Bertz CT molecular complexity index is 1420. The molecule has 0 aliphatic carbocycles. The topological polar surface area (TPSA) is 281 Å². The van der Waals surface area contributed by atoms with E-state index in [4.69, 9.17) is 16.6 Å². The van der Waals surface area contributed by atoms with Gasteiger partial charge in [-0.05, 0) is 11.1 Å². The first-order valence-corrected chi connectivity index (χ1v) is 14.4. The Hall–Kier alpha value is -5.84. The first-order chi connectivity index (χ1) is 22.4. The van der Waals surface area contributed by atoms with Gasteiger partial charge in [0.05, 0.1) is 26.1 Å². The third kappa shape index (κ3) is 14.7.